The molecular formula is C8H15Br. The lowest BCUT2D eigenvalue weighted by Crippen LogP contribution is -2.13. The van der Waals surface area contributed by atoms with Crippen molar-refractivity contribution in [1.29, 1.82) is 0 Å². The largest absolute Gasteiger partial charge is 0.0925 e. The molecule has 0 spiro atoms. The summed E-state index contributed by atoms with van der Waals surface area (Å²) in [5.74, 6) is 1.97. The minimum absolute atomic E-state index is 0.980. The predicted molar refractivity (Wildman–Crippen MR) is 44.9 cm³/mol. The molecule has 1 aliphatic rings. The SMILES string of the molecule is C[C@H]1CCC[C@@H](CBr)C1. The van der Waals surface area contributed by atoms with Gasteiger partial charge in [-0.05, 0) is 24.7 Å². The first-order valence-corrected chi connectivity index (χ1v) is 5.01. The Bertz CT molecular complexity index is 80.6. The Labute approximate surface area is 66.2 Å². The summed E-state index contributed by atoms with van der Waals surface area (Å²) in [6.07, 6.45) is 5.82. The third-order valence-electron chi connectivity index (χ3n) is 2.26. The molecule has 0 aromatic rings. The van der Waals surface area contributed by atoms with Crippen molar-refractivity contribution in [2.24, 2.45) is 11.8 Å². The fourth-order valence-electron chi connectivity index (χ4n) is 1.70. The molecular weight excluding hydrogens is 176 g/mol. The molecule has 1 fully saturated rings. The van der Waals surface area contributed by atoms with Crippen LogP contribution in [0.1, 0.15) is 32.6 Å². The van der Waals surface area contributed by atoms with E-state index in [-0.39, 0.29) is 0 Å². The number of rotatable bonds is 1. The van der Waals surface area contributed by atoms with Crippen LogP contribution in [0.5, 0.6) is 0 Å². The van der Waals surface area contributed by atoms with Crippen LogP contribution in [0.4, 0.5) is 0 Å². The number of hydrogen-bond acceptors (Lipinski definition) is 0. The molecule has 0 heterocycles. The molecule has 0 saturated heterocycles. The zero-order valence-electron chi connectivity index (χ0n) is 6.07. The van der Waals surface area contributed by atoms with Crippen molar-refractivity contribution in [2.75, 3.05) is 5.33 Å². The highest BCUT2D eigenvalue weighted by Crippen LogP contribution is 2.29. The van der Waals surface area contributed by atoms with Gasteiger partial charge in [0.25, 0.3) is 0 Å². The van der Waals surface area contributed by atoms with Crippen molar-refractivity contribution < 1.29 is 0 Å². The highest BCUT2D eigenvalue weighted by Gasteiger charge is 2.16. The van der Waals surface area contributed by atoms with Crippen molar-refractivity contribution in [3.8, 4) is 0 Å². The van der Waals surface area contributed by atoms with Crippen molar-refractivity contribution >= 4 is 15.9 Å². The minimum Gasteiger partial charge on any atom is -0.0925 e. The molecule has 1 aliphatic carbocycles. The monoisotopic (exact) mass is 190 g/mol. The lowest BCUT2D eigenvalue weighted by Gasteiger charge is -2.24. The topological polar surface area (TPSA) is 0 Å². The van der Waals surface area contributed by atoms with Crippen LogP contribution in [0, 0.1) is 11.8 Å². The first-order valence-electron chi connectivity index (χ1n) is 3.89. The summed E-state index contributed by atoms with van der Waals surface area (Å²) in [7, 11) is 0. The van der Waals surface area contributed by atoms with Crippen LogP contribution in [-0.2, 0) is 0 Å². The Morgan fingerprint density at radius 1 is 1.44 bits per heavy atom. The van der Waals surface area contributed by atoms with Crippen molar-refractivity contribution in [1.82, 2.24) is 0 Å². The molecule has 0 amide bonds. The molecule has 0 radical (unpaired) electrons. The second-order valence-corrected chi connectivity index (χ2v) is 3.94. The van der Waals surface area contributed by atoms with E-state index >= 15 is 0 Å². The molecule has 0 unspecified atom stereocenters. The summed E-state index contributed by atoms with van der Waals surface area (Å²) in [6, 6.07) is 0. The van der Waals surface area contributed by atoms with Crippen molar-refractivity contribution in [3.05, 3.63) is 0 Å². The van der Waals surface area contributed by atoms with Crippen molar-refractivity contribution in [2.45, 2.75) is 32.6 Å². The number of halogens is 1. The Morgan fingerprint density at radius 2 is 2.22 bits per heavy atom. The predicted octanol–water partition coefficient (Wildman–Crippen LogP) is 3.21. The van der Waals surface area contributed by atoms with Crippen LogP contribution >= 0.6 is 15.9 Å². The van der Waals surface area contributed by atoms with Gasteiger partial charge in [0, 0.05) is 5.33 Å². The molecule has 2 atom stereocenters. The Kier molecular flexibility index (Phi) is 3.03. The Morgan fingerprint density at radius 3 is 2.67 bits per heavy atom. The third kappa shape index (κ3) is 2.29. The first-order chi connectivity index (χ1) is 4.33. The van der Waals surface area contributed by atoms with E-state index in [0.717, 1.165) is 11.8 Å². The van der Waals surface area contributed by atoms with Gasteiger partial charge in [0.1, 0.15) is 0 Å². The number of alkyl halides is 1. The van der Waals surface area contributed by atoms with Crippen LogP contribution in [-0.4, -0.2) is 5.33 Å². The average Bonchev–Trinajstić information content (AvgIpc) is 1.88. The van der Waals surface area contributed by atoms with Gasteiger partial charge in [-0.2, -0.15) is 0 Å². The number of hydrogen-bond donors (Lipinski definition) is 0. The Balaban J connectivity index is 2.23. The maximum Gasteiger partial charge on any atom is 0.00597 e. The minimum atomic E-state index is 0.980. The highest BCUT2D eigenvalue weighted by molar-refractivity contribution is 9.09. The van der Waals surface area contributed by atoms with Gasteiger partial charge in [-0.3, -0.25) is 0 Å². The highest BCUT2D eigenvalue weighted by atomic mass is 79.9. The van der Waals surface area contributed by atoms with E-state index in [1.54, 1.807) is 0 Å². The molecule has 1 rings (SSSR count). The van der Waals surface area contributed by atoms with Gasteiger partial charge in [-0.25, -0.2) is 0 Å². The van der Waals surface area contributed by atoms with E-state index in [1.165, 1.54) is 31.0 Å². The molecule has 0 aromatic carbocycles. The molecule has 54 valence electrons. The fraction of sp³-hybridized carbons (Fsp3) is 1.00. The van der Waals surface area contributed by atoms with Gasteiger partial charge in [-0.15, -0.1) is 0 Å². The molecule has 0 aliphatic heterocycles. The zero-order chi connectivity index (χ0) is 6.69. The summed E-state index contributed by atoms with van der Waals surface area (Å²) in [6.45, 7) is 2.37. The van der Waals surface area contributed by atoms with E-state index in [9.17, 15) is 0 Å². The van der Waals surface area contributed by atoms with Crippen LogP contribution < -0.4 is 0 Å². The summed E-state index contributed by atoms with van der Waals surface area (Å²) < 4.78 is 0. The lowest BCUT2D eigenvalue weighted by atomic mass is 9.84. The molecule has 1 heteroatoms. The standard InChI is InChI=1S/C8H15Br/c1-7-3-2-4-8(5-7)6-9/h7-8H,2-6H2,1H3/t7-,8+/m0/s1. The van der Waals surface area contributed by atoms with E-state index in [1.807, 2.05) is 0 Å². The third-order valence-corrected chi connectivity index (χ3v) is 3.18. The quantitative estimate of drug-likeness (QED) is 0.558. The van der Waals surface area contributed by atoms with Crippen LogP contribution in [0.15, 0.2) is 0 Å². The summed E-state index contributed by atoms with van der Waals surface area (Å²) in [4.78, 5) is 0. The summed E-state index contributed by atoms with van der Waals surface area (Å²) >= 11 is 3.54. The molecule has 0 aromatic heterocycles. The smallest absolute Gasteiger partial charge is 0.00597 e. The lowest BCUT2D eigenvalue weighted by molar-refractivity contribution is 0.306. The van der Waals surface area contributed by atoms with E-state index in [4.69, 9.17) is 0 Å². The van der Waals surface area contributed by atoms with E-state index in [2.05, 4.69) is 22.9 Å². The van der Waals surface area contributed by atoms with Gasteiger partial charge >= 0.3 is 0 Å². The molecule has 0 nitrogen and oxygen atoms in total. The van der Waals surface area contributed by atoms with Gasteiger partial charge in [0.15, 0.2) is 0 Å². The zero-order valence-corrected chi connectivity index (χ0v) is 7.65. The van der Waals surface area contributed by atoms with Gasteiger partial charge in [0.05, 0.1) is 0 Å². The maximum atomic E-state index is 3.54. The summed E-state index contributed by atoms with van der Waals surface area (Å²) in [5.41, 5.74) is 0. The van der Waals surface area contributed by atoms with Crippen LogP contribution in [0.25, 0.3) is 0 Å². The van der Waals surface area contributed by atoms with Gasteiger partial charge < -0.3 is 0 Å². The van der Waals surface area contributed by atoms with E-state index < -0.39 is 0 Å². The molecule has 9 heavy (non-hydrogen) atoms. The first kappa shape index (κ1) is 7.59. The van der Waals surface area contributed by atoms with Gasteiger partial charge in [0.2, 0.25) is 0 Å². The normalized spacial score (nSPS) is 36.7. The maximum absolute atomic E-state index is 3.54. The molecule has 0 N–H and O–H groups in total. The Hall–Kier alpha value is 0.480. The second kappa shape index (κ2) is 3.60. The van der Waals surface area contributed by atoms with Crippen molar-refractivity contribution in [3.63, 3.8) is 0 Å². The fourth-order valence-corrected chi connectivity index (χ4v) is 2.29. The van der Waals surface area contributed by atoms with Crippen LogP contribution in [0.2, 0.25) is 0 Å². The summed E-state index contributed by atoms with van der Waals surface area (Å²) in [5, 5.41) is 1.22. The molecule has 0 bridgehead atoms. The molecule has 1 saturated carbocycles. The van der Waals surface area contributed by atoms with Crippen LogP contribution in [0.3, 0.4) is 0 Å². The second-order valence-electron chi connectivity index (χ2n) is 3.29. The average molecular weight is 191 g/mol. The van der Waals surface area contributed by atoms with Gasteiger partial charge in [-0.1, -0.05) is 35.7 Å². The van der Waals surface area contributed by atoms with E-state index in [0.29, 0.717) is 0 Å².